The van der Waals surface area contributed by atoms with E-state index in [0.29, 0.717) is 0 Å². The molecule has 4 nitrogen and oxygen atoms in total. The third kappa shape index (κ3) is 26.0. The maximum atomic E-state index is 12.6. The van der Waals surface area contributed by atoms with Crippen molar-refractivity contribution in [2.75, 3.05) is 19.6 Å². The van der Waals surface area contributed by atoms with Crippen molar-refractivity contribution in [1.29, 1.82) is 0 Å². The van der Waals surface area contributed by atoms with Gasteiger partial charge in [0.05, 0.1) is 6.54 Å². The van der Waals surface area contributed by atoms with Crippen LogP contribution in [0.2, 0.25) is 0 Å². The van der Waals surface area contributed by atoms with Gasteiger partial charge in [0.15, 0.2) is 0 Å². The molecule has 1 N–H and O–H groups in total. The van der Waals surface area contributed by atoms with E-state index in [1.54, 1.807) is 0 Å². The van der Waals surface area contributed by atoms with Crippen LogP contribution in [0.15, 0.2) is 0 Å². The number of unbranched alkanes of at least 4 members (excludes halogenated alkanes) is 22. The van der Waals surface area contributed by atoms with Gasteiger partial charge in [-0.25, -0.2) is 0 Å². The van der Waals surface area contributed by atoms with E-state index in [9.17, 15) is 9.59 Å². The lowest BCUT2D eigenvalue weighted by atomic mass is 10.0. The van der Waals surface area contributed by atoms with Gasteiger partial charge < -0.3 is 10.2 Å². The van der Waals surface area contributed by atoms with Gasteiger partial charge in [-0.15, -0.1) is 0 Å². The summed E-state index contributed by atoms with van der Waals surface area (Å²) in [5, 5.41) is 2.69. The van der Waals surface area contributed by atoms with Crippen molar-refractivity contribution in [3.63, 3.8) is 0 Å². The van der Waals surface area contributed by atoms with Crippen molar-refractivity contribution in [2.45, 2.75) is 175 Å². The molecule has 214 valence electrons. The topological polar surface area (TPSA) is 49.4 Å². The molecule has 0 aromatic carbocycles. The summed E-state index contributed by atoms with van der Waals surface area (Å²) in [4.78, 5) is 25.9. The van der Waals surface area contributed by atoms with Crippen LogP contribution < -0.4 is 5.32 Å². The van der Waals surface area contributed by atoms with Gasteiger partial charge >= 0.3 is 0 Å². The van der Waals surface area contributed by atoms with Crippen LogP contribution in [0.5, 0.6) is 0 Å². The van der Waals surface area contributed by atoms with Gasteiger partial charge in [0.25, 0.3) is 0 Å². The Kier molecular flexibility index (Phi) is 27.7. The van der Waals surface area contributed by atoms with E-state index in [1.165, 1.54) is 148 Å². The minimum Gasteiger partial charge on any atom is -0.347 e. The lowest BCUT2D eigenvalue weighted by molar-refractivity contribution is -0.132. The molecule has 0 aromatic rings. The second-order valence-corrected chi connectivity index (χ2v) is 11.1. The van der Waals surface area contributed by atoms with Crippen LogP contribution in [0.25, 0.3) is 0 Å². The molecule has 0 aliphatic heterocycles. The van der Waals surface area contributed by atoms with Crippen LogP contribution in [0.3, 0.4) is 0 Å². The molecule has 2 amide bonds. The average Bonchev–Trinajstić information content (AvgIpc) is 2.87. The zero-order chi connectivity index (χ0) is 26.5. The van der Waals surface area contributed by atoms with Gasteiger partial charge in [-0.1, -0.05) is 155 Å². The second kappa shape index (κ2) is 28.5. The summed E-state index contributed by atoms with van der Waals surface area (Å²) in [6.07, 6.45) is 32.0. The molecule has 4 heteroatoms. The van der Waals surface area contributed by atoms with Crippen LogP contribution in [0, 0.1) is 0 Å². The predicted octanol–water partition coefficient (Wildman–Crippen LogP) is 9.35. The Balaban J connectivity index is 3.85. The summed E-state index contributed by atoms with van der Waals surface area (Å²) in [6, 6.07) is 0. The van der Waals surface area contributed by atoms with Crippen LogP contribution >= 0.6 is 0 Å². The Morgan fingerprint density at radius 1 is 0.472 bits per heavy atom. The van der Waals surface area contributed by atoms with E-state index in [1.807, 2.05) is 4.90 Å². The van der Waals surface area contributed by atoms with Gasteiger partial charge in [0.1, 0.15) is 0 Å². The fourth-order valence-electron chi connectivity index (χ4n) is 4.96. The normalized spacial score (nSPS) is 11.1. The van der Waals surface area contributed by atoms with Crippen molar-refractivity contribution in [3.8, 4) is 0 Å². The zero-order valence-corrected chi connectivity index (χ0v) is 24.9. The van der Waals surface area contributed by atoms with Gasteiger partial charge in [-0.05, 0) is 12.8 Å². The summed E-state index contributed by atoms with van der Waals surface area (Å²) >= 11 is 0. The number of carbonyl (C=O) groups is 2. The van der Waals surface area contributed by atoms with Crippen LogP contribution in [0.4, 0.5) is 0 Å². The number of amides is 2. The van der Waals surface area contributed by atoms with Crippen molar-refractivity contribution in [2.24, 2.45) is 0 Å². The molecule has 0 rings (SSSR count). The monoisotopic (exact) mass is 508 g/mol. The highest BCUT2D eigenvalue weighted by Gasteiger charge is 2.13. The van der Waals surface area contributed by atoms with Gasteiger partial charge in [0, 0.05) is 20.0 Å². The Morgan fingerprint density at radius 3 is 1.03 bits per heavy atom. The molecule has 0 heterocycles. The minimum atomic E-state index is -0.126. The largest absolute Gasteiger partial charge is 0.347 e. The Bertz CT molecular complexity index is 453. The summed E-state index contributed by atoms with van der Waals surface area (Å²) < 4.78 is 0. The van der Waals surface area contributed by atoms with Crippen molar-refractivity contribution in [3.05, 3.63) is 0 Å². The molecule has 0 radical (unpaired) electrons. The Morgan fingerprint density at radius 2 is 0.750 bits per heavy atom. The van der Waals surface area contributed by atoms with Gasteiger partial charge in [-0.3, -0.25) is 9.59 Å². The van der Waals surface area contributed by atoms with E-state index >= 15 is 0 Å². The van der Waals surface area contributed by atoms with Crippen molar-refractivity contribution < 1.29 is 9.59 Å². The third-order valence-electron chi connectivity index (χ3n) is 7.40. The number of carbonyl (C=O) groups excluding carboxylic acids is 2. The van der Waals surface area contributed by atoms with Crippen molar-refractivity contribution >= 4 is 11.8 Å². The molecule has 0 spiro atoms. The van der Waals surface area contributed by atoms with E-state index in [-0.39, 0.29) is 18.4 Å². The first kappa shape index (κ1) is 34.9. The number of rotatable bonds is 28. The minimum absolute atomic E-state index is 0.0800. The van der Waals surface area contributed by atoms with E-state index in [4.69, 9.17) is 0 Å². The maximum Gasteiger partial charge on any atom is 0.241 e. The number of nitrogens with one attached hydrogen (secondary N) is 1. The van der Waals surface area contributed by atoms with E-state index in [0.717, 1.165) is 25.9 Å². The molecular weight excluding hydrogens is 444 g/mol. The highest BCUT2D eigenvalue weighted by molar-refractivity contribution is 5.83. The summed E-state index contributed by atoms with van der Waals surface area (Å²) in [5.41, 5.74) is 0. The highest BCUT2D eigenvalue weighted by atomic mass is 16.2. The lowest BCUT2D eigenvalue weighted by Gasteiger charge is -2.23. The molecule has 0 unspecified atom stereocenters. The molecule has 0 saturated carbocycles. The van der Waals surface area contributed by atoms with Crippen molar-refractivity contribution in [1.82, 2.24) is 10.2 Å². The smallest absolute Gasteiger partial charge is 0.241 e. The Labute approximate surface area is 226 Å². The lowest BCUT2D eigenvalue weighted by Crippen LogP contribution is -2.40. The molecular formula is C32H64N2O2. The molecule has 0 aromatic heterocycles. The summed E-state index contributed by atoms with van der Waals surface area (Å²) in [6.45, 7) is 7.86. The van der Waals surface area contributed by atoms with E-state index in [2.05, 4.69) is 19.2 Å². The molecule has 0 fully saturated rings. The van der Waals surface area contributed by atoms with Crippen LogP contribution in [-0.2, 0) is 9.59 Å². The summed E-state index contributed by atoms with van der Waals surface area (Å²) in [7, 11) is 0. The standard InChI is InChI=1S/C32H64N2O2/c1-4-6-8-10-12-14-16-18-20-22-24-26-28-34(32(36)30-33-31(3)35)29-27-25-23-21-19-17-15-13-11-9-7-5-2/h4-30H2,1-3H3,(H,33,35). The quantitative estimate of drug-likeness (QED) is 0.107. The Hall–Kier alpha value is -1.06. The number of nitrogens with zero attached hydrogens (tertiary/aromatic N) is 1. The first-order chi connectivity index (χ1) is 17.6. The van der Waals surface area contributed by atoms with Gasteiger partial charge in [0.2, 0.25) is 11.8 Å². The molecule has 0 bridgehead atoms. The second-order valence-electron chi connectivity index (χ2n) is 11.1. The first-order valence-electron chi connectivity index (χ1n) is 16.1. The first-order valence-corrected chi connectivity index (χ1v) is 16.1. The third-order valence-corrected chi connectivity index (χ3v) is 7.40. The SMILES string of the molecule is CCCCCCCCCCCCCCN(CCCCCCCCCCCCCC)C(=O)CNC(C)=O. The average molecular weight is 509 g/mol. The predicted molar refractivity (Wildman–Crippen MR) is 157 cm³/mol. The fourth-order valence-corrected chi connectivity index (χ4v) is 4.96. The fraction of sp³-hybridized carbons (Fsp3) is 0.938. The molecule has 0 atom stereocenters. The zero-order valence-electron chi connectivity index (χ0n) is 24.9. The van der Waals surface area contributed by atoms with Crippen LogP contribution in [-0.4, -0.2) is 36.3 Å². The molecule has 0 aliphatic rings. The molecule has 0 aliphatic carbocycles. The number of hydrogen-bond donors (Lipinski definition) is 1. The molecule has 36 heavy (non-hydrogen) atoms. The maximum absolute atomic E-state index is 12.6. The summed E-state index contributed by atoms with van der Waals surface area (Å²) in [5.74, 6) is -0.0460. The van der Waals surface area contributed by atoms with Crippen LogP contribution in [0.1, 0.15) is 175 Å². The highest BCUT2D eigenvalue weighted by Crippen LogP contribution is 2.14. The van der Waals surface area contributed by atoms with Gasteiger partial charge in [-0.2, -0.15) is 0 Å². The van der Waals surface area contributed by atoms with E-state index < -0.39 is 0 Å². The number of hydrogen-bond acceptors (Lipinski definition) is 2. The molecule has 0 saturated heterocycles.